The molecule has 0 saturated heterocycles. The molecule has 0 saturated carbocycles. The van der Waals surface area contributed by atoms with Crippen molar-refractivity contribution >= 4 is 46.4 Å². The number of benzene rings is 1. The molecule has 0 N–H and O–H groups in total. The predicted molar refractivity (Wildman–Crippen MR) is 60.6 cm³/mol. The minimum Gasteiger partial charge on any atom is -0.0839 e. The van der Waals surface area contributed by atoms with E-state index in [4.69, 9.17) is 46.4 Å². The molecule has 72 valence electrons. The van der Waals surface area contributed by atoms with E-state index in [1.807, 2.05) is 13.8 Å². The monoisotopic (exact) mass is 256 g/mol. The van der Waals surface area contributed by atoms with Gasteiger partial charge in [0.1, 0.15) is 0 Å². The van der Waals surface area contributed by atoms with Crippen LogP contribution in [0.1, 0.15) is 25.3 Å². The number of rotatable bonds is 1. The Morgan fingerprint density at radius 1 is 0.923 bits per heavy atom. The Morgan fingerprint density at radius 3 is 1.92 bits per heavy atom. The first-order valence-electron chi connectivity index (χ1n) is 3.78. The molecule has 0 amide bonds. The minimum absolute atomic E-state index is 0.231. The van der Waals surface area contributed by atoms with E-state index in [0.29, 0.717) is 20.1 Å². The van der Waals surface area contributed by atoms with Crippen molar-refractivity contribution in [3.63, 3.8) is 0 Å². The summed E-state index contributed by atoms with van der Waals surface area (Å²) in [5, 5.41) is 1.78. The molecule has 1 rings (SSSR count). The highest BCUT2D eigenvalue weighted by Crippen LogP contribution is 2.40. The first kappa shape index (κ1) is 11.5. The summed E-state index contributed by atoms with van der Waals surface area (Å²) in [4.78, 5) is 0. The zero-order chi connectivity index (χ0) is 10.2. The molecule has 0 unspecified atom stereocenters. The molecule has 0 aliphatic heterocycles. The summed E-state index contributed by atoms with van der Waals surface area (Å²) in [5.41, 5.74) is 0.845. The van der Waals surface area contributed by atoms with Gasteiger partial charge in [0.25, 0.3) is 0 Å². The summed E-state index contributed by atoms with van der Waals surface area (Å²) >= 11 is 23.6. The molecular formula is C9H8Cl4. The van der Waals surface area contributed by atoms with Gasteiger partial charge >= 0.3 is 0 Å². The van der Waals surface area contributed by atoms with Crippen molar-refractivity contribution in [3.05, 3.63) is 31.7 Å². The molecular weight excluding hydrogens is 250 g/mol. The summed E-state index contributed by atoms with van der Waals surface area (Å²) in [6.45, 7) is 3.99. The number of hydrogen-bond donors (Lipinski definition) is 0. The average molecular weight is 258 g/mol. The molecule has 0 heterocycles. The Bertz CT molecular complexity index is 331. The van der Waals surface area contributed by atoms with E-state index < -0.39 is 0 Å². The molecule has 0 radical (unpaired) electrons. The Morgan fingerprint density at radius 2 is 1.46 bits per heavy atom. The third-order valence-electron chi connectivity index (χ3n) is 1.73. The van der Waals surface area contributed by atoms with E-state index in [2.05, 4.69) is 0 Å². The van der Waals surface area contributed by atoms with Gasteiger partial charge in [0.15, 0.2) is 0 Å². The second-order valence-electron chi connectivity index (χ2n) is 3.04. The summed E-state index contributed by atoms with van der Waals surface area (Å²) < 4.78 is 0. The SMILES string of the molecule is CC(C)c1c(Cl)cc(Cl)c(Cl)c1Cl. The summed E-state index contributed by atoms with van der Waals surface area (Å²) in [6, 6.07) is 1.62. The molecule has 0 aliphatic carbocycles. The van der Waals surface area contributed by atoms with Crippen molar-refractivity contribution in [2.45, 2.75) is 19.8 Å². The fraction of sp³-hybridized carbons (Fsp3) is 0.333. The normalized spacial score (nSPS) is 11.0. The predicted octanol–water partition coefficient (Wildman–Crippen LogP) is 5.42. The van der Waals surface area contributed by atoms with Crippen molar-refractivity contribution in [1.82, 2.24) is 0 Å². The zero-order valence-corrected chi connectivity index (χ0v) is 10.2. The second-order valence-corrected chi connectivity index (χ2v) is 4.61. The van der Waals surface area contributed by atoms with Gasteiger partial charge in [-0.2, -0.15) is 0 Å². The maximum atomic E-state index is 6.00. The first-order chi connectivity index (χ1) is 5.95. The highest BCUT2D eigenvalue weighted by Gasteiger charge is 2.15. The third kappa shape index (κ3) is 2.24. The quantitative estimate of drug-likeness (QED) is 0.465. The van der Waals surface area contributed by atoms with Gasteiger partial charge in [0, 0.05) is 5.02 Å². The summed E-state index contributed by atoms with van der Waals surface area (Å²) in [6.07, 6.45) is 0. The van der Waals surface area contributed by atoms with Crippen molar-refractivity contribution in [1.29, 1.82) is 0 Å². The van der Waals surface area contributed by atoms with E-state index in [0.717, 1.165) is 5.56 Å². The van der Waals surface area contributed by atoms with Gasteiger partial charge in [0.05, 0.1) is 15.1 Å². The van der Waals surface area contributed by atoms with Gasteiger partial charge in [-0.05, 0) is 17.5 Å². The van der Waals surface area contributed by atoms with E-state index in [-0.39, 0.29) is 5.92 Å². The van der Waals surface area contributed by atoms with Gasteiger partial charge in [-0.15, -0.1) is 0 Å². The average Bonchev–Trinajstić information content (AvgIpc) is 1.99. The first-order valence-corrected chi connectivity index (χ1v) is 5.29. The Balaban J connectivity index is 3.44. The van der Waals surface area contributed by atoms with E-state index in [9.17, 15) is 0 Å². The second kappa shape index (κ2) is 4.27. The van der Waals surface area contributed by atoms with Crippen molar-refractivity contribution < 1.29 is 0 Å². The van der Waals surface area contributed by atoms with Crippen LogP contribution in [-0.2, 0) is 0 Å². The molecule has 0 aromatic heterocycles. The van der Waals surface area contributed by atoms with Crippen LogP contribution in [0.4, 0.5) is 0 Å². The zero-order valence-electron chi connectivity index (χ0n) is 7.17. The lowest BCUT2D eigenvalue weighted by atomic mass is 10.0. The van der Waals surface area contributed by atoms with E-state index >= 15 is 0 Å². The molecule has 13 heavy (non-hydrogen) atoms. The smallest absolute Gasteiger partial charge is 0.0782 e. The van der Waals surface area contributed by atoms with Gasteiger partial charge in [-0.25, -0.2) is 0 Å². The van der Waals surface area contributed by atoms with Gasteiger partial charge in [-0.3, -0.25) is 0 Å². The molecule has 0 fully saturated rings. The number of hydrogen-bond acceptors (Lipinski definition) is 0. The Labute approximate surface area is 97.7 Å². The molecule has 0 aliphatic rings. The van der Waals surface area contributed by atoms with Crippen LogP contribution in [0.5, 0.6) is 0 Å². The van der Waals surface area contributed by atoms with Crippen LogP contribution in [0.15, 0.2) is 6.07 Å². The van der Waals surface area contributed by atoms with Crippen LogP contribution in [0.3, 0.4) is 0 Å². The van der Waals surface area contributed by atoms with Crippen molar-refractivity contribution in [2.75, 3.05) is 0 Å². The van der Waals surface area contributed by atoms with Crippen LogP contribution in [-0.4, -0.2) is 0 Å². The minimum atomic E-state index is 0.231. The van der Waals surface area contributed by atoms with Gasteiger partial charge in [0.2, 0.25) is 0 Å². The lowest BCUT2D eigenvalue weighted by Gasteiger charge is -2.12. The van der Waals surface area contributed by atoms with Crippen LogP contribution in [0, 0.1) is 0 Å². The molecule has 4 heteroatoms. The Hall–Kier alpha value is 0.380. The lowest BCUT2D eigenvalue weighted by molar-refractivity contribution is 0.867. The fourth-order valence-corrected chi connectivity index (χ4v) is 2.47. The largest absolute Gasteiger partial charge is 0.0839 e. The van der Waals surface area contributed by atoms with Gasteiger partial charge in [-0.1, -0.05) is 60.3 Å². The van der Waals surface area contributed by atoms with E-state index in [1.165, 1.54) is 0 Å². The van der Waals surface area contributed by atoms with Crippen LogP contribution in [0.25, 0.3) is 0 Å². The molecule has 0 spiro atoms. The Kier molecular flexibility index (Phi) is 3.76. The van der Waals surface area contributed by atoms with Crippen molar-refractivity contribution in [3.8, 4) is 0 Å². The molecule has 0 atom stereocenters. The summed E-state index contributed by atoms with van der Waals surface area (Å²) in [5.74, 6) is 0.231. The topological polar surface area (TPSA) is 0 Å². The molecule has 1 aromatic rings. The van der Waals surface area contributed by atoms with Crippen LogP contribution in [0.2, 0.25) is 20.1 Å². The number of halogens is 4. The highest BCUT2D eigenvalue weighted by molar-refractivity contribution is 6.49. The van der Waals surface area contributed by atoms with Crippen molar-refractivity contribution in [2.24, 2.45) is 0 Å². The van der Waals surface area contributed by atoms with Gasteiger partial charge < -0.3 is 0 Å². The molecule has 0 bridgehead atoms. The third-order valence-corrected chi connectivity index (χ3v) is 3.32. The fourth-order valence-electron chi connectivity index (χ4n) is 1.11. The highest BCUT2D eigenvalue weighted by atomic mass is 35.5. The standard InChI is InChI=1S/C9H8Cl4/c1-4(2)7-5(10)3-6(11)8(12)9(7)13/h3-4H,1-2H3. The summed E-state index contributed by atoms with van der Waals surface area (Å²) in [7, 11) is 0. The maximum absolute atomic E-state index is 6.00. The maximum Gasteiger partial charge on any atom is 0.0782 e. The lowest BCUT2D eigenvalue weighted by Crippen LogP contribution is -1.91. The van der Waals surface area contributed by atoms with E-state index in [1.54, 1.807) is 6.07 Å². The molecule has 1 aromatic carbocycles. The van der Waals surface area contributed by atoms with Crippen LogP contribution >= 0.6 is 46.4 Å². The van der Waals surface area contributed by atoms with Crippen LogP contribution < -0.4 is 0 Å². The molecule has 0 nitrogen and oxygen atoms in total.